The van der Waals surface area contributed by atoms with Gasteiger partial charge in [-0.05, 0) is 6.42 Å². The van der Waals surface area contributed by atoms with Crippen LogP contribution in [0.3, 0.4) is 0 Å². The fourth-order valence-electron chi connectivity index (χ4n) is 0.521. The van der Waals surface area contributed by atoms with E-state index in [0.717, 1.165) is 0 Å². The Kier molecular flexibility index (Phi) is 10.1. The molecular weight excluding hydrogens is 289 g/mol. The molecule has 64 valence electrons. The predicted octanol–water partition coefficient (Wildman–Crippen LogP) is -3.10. The molecule has 0 saturated heterocycles. The molecule has 0 aromatic rings. The minimum Gasteiger partial charge on any atom is -0.548 e. The fourth-order valence-corrected chi connectivity index (χ4v) is 0.521. The fraction of sp³-hybridized carbons (Fsp3) is 0.667. The number of hydrogen-bond acceptors (Lipinski definition) is 5. The predicted molar refractivity (Wildman–Crippen MR) is 35.8 cm³/mol. The molecule has 0 fully saturated rings. The Morgan fingerprint density at radius 2 is 1.92 bits per heavy atom. The number of hydrogen-bond donors (Lipinski definition) is 0. The van der Waals surface area contributed by atoms with Gasteiger partial charge in [-0.25, -0.2) is 0 Å². The van der Waals surface area contributed by atoms with E-state index in [1.807, 2.05) is 0 Å². The third-order valence-corrected chi connectivity index (χ3v) is 1.04. The van der Waals surface area contributed by atoms with E-state index in [9.17, 15) is 19.8 Å². The van der Waals surface area contributed by atoms with Crippen molar-refractivity contribution in [2.24, 2.45) is 0 Å². The van der Waals surface area contributed by atoms with Crippen LogP contribution in [-0.4, -0.2) is 73.5 Å². The van der Waals surface area contributed by atoms with Gasteiger partial charge in [0, 0.05) is 0 Å². The monoisotopic (exact) mass is 298 g/mol. The van der Waals surface area contributed by atoms with Crippen molar-refractivity contribution in [3.8, 4) is 0 Å². The van der Waals surface area contributed by atoms with Crippen LogP contribution in [0.2, 0.25) is 0 Å². The maximum Gasteiger partial charge on any atom is 2.00 e. The average Bonchev–Trinajstić information content (AvgIpc) is 1.87. The number of carboxylic acid groups (broad SMARTS) is 2. The number of rotatable bonds is 5. The van der Waals surface area contributed by atoms with Crippen LogP contribution in [0, 0.1) is 0 Å². The van der Waals surface area contributed by atoms with Gasteiger partial charge < -0.3 is 24.5 Å². The molecule has 1 unspecified atom stereocenters. The summed E-state index contributed by atoms with van der Waals surface area (Å²) in [6.45, 7) is 0.836. The van der Waals surface area contributed by atoms with E-state index in [1.165, 1.54) is 0 Å². The quantitative estimate of drug-likeness (QED) is 0.502. The molecule has 0 N–H and O–H groups in total. The number of carbonyl (C=O) groups excluding carboxylic acids is 2. The van der Waals surface area contributed by atoms with Crippen molar-refractivity contribution < 1.29 is 24.5 Å². The Balaban J connectivity index is 0. The summed E-state index contributed by atoms with van der Waals surface area (Å²) in [7, 11) is 0. The molecule has 12 heavy (non-hydrogen) atoms. The maximum atomic E-state index is 10.1. The minimum atomic E-state index is -1.44. The summed E-state index contributed by atoms with van der Waals surface area (Å²) in [5.41, 5.74) is 0. The third kappa shape index (κ3) is 7.14. The first-order valence-electron chi connectivity index (χ1n) is 3.10. The molecule has 0 aliphatic carbocycles. The van der Waals surface area contributed by atoms with E-state index in [4.69, 9.17) is 0 Å². The van der Waals surface area contributed by atoms with Crippen molar-refractivity contribution >= 4 is 60.8 Å². The zero-order chi connectivity index (χ0) is 8.85. The zero-order valence-electron chi connectivity index (χ0n) is 6.74. The van der Waals surface area contributed by atoms with Crippen molar-refractivity contribution in [1.82, 2.24) is 0 Å². The number of carbonyl (C=O) groups is 2. The Bertz CT molecular complexity index is 158. The zero-order valence-corrected chi connectivity index (χ0v) is 11.2. The summed E-state index contributed by atoms with van der Waals surface area (Å²) in [5.74, 6) is -2.85. The first-order chi connectivity index (χ1) is 5.07. The molecule has 1 atom stereocenters. The van der Waals surface area contributed by atoms with Crippen molar-refractivity contribution in [3.05, 3.63) is 0 Å². The first-order valence-corrected chi connectivity index (χ1v) is 3.10. The molecule has 5 nitrogen and oxygen atoms in total. The van der Waals surface area contributed by atoms with Crippen molar-refractivity contribution in [2.45, 2.75) is 19.4 Å². The van der Waals surface area contributed by atoms with Crippen LogP contribution in [0.4, 0.5) is 0 Å². The number of carboxylic acids is 2. The number of ether oxygens (including phenoxy) is 1. The molecule has 0 rings (SSSR count). The van der Waals surface area contributed by atoms with Crippen LogP contribution in [0.25, 0.3) is 0 Å². The topological polar surface area (TPSA) is 89.5 Å². The van der Waals surface area contributed by atoms with Crippen LogP contribution < -0.4 is 10.2 Å². The van der Waals surface area contributed by atoms with Gasteiger partial charge in [0.1, 0.15) is 0 Å². The van der Waals surface area contributed by atoms with Gasteiger partial charge in [-0.3, -0.25) is 0 Å². The molecule has 0 heterocycles. The molecule has 0 aliphatic rings. The molecule has 0 aliphatic heterocycles. The molecule has 0 amide bonds. The smallest absolute Gasteiger partial charge is 0.548 e. The molecule has 0 aromatic heterocycles. The third-order valence-electron chi connectivity index (χ3n) is 1.04. The van der Waals surface area contributed by atoms with Crippen LogP contribution in [0.5, 0.6) is 0 Å². The molecule has 0 spiro atoms. The van der Waals surface area contributed by atoms with E-state index >= 15 is 0 Å². The van der Waals surface area contributed by atoms with Gasteiger partial charge in [-0.2, -0.15) is 0 Å². The van der Waals surface area contributed by atoms with Gasteiger partial charge >= 0.3 is 48.9 Å². The van der Waals surface area contributed by atoms with Gasteiger partial charge in [-0.15, -0.1) is 0 Å². The Labute approximate surface area is 110 Å². The molecular formula is C6H8BaO5. The number of aliphatic carboxylic acids is 2. The minimum absolute atomic E-state index is 0. The molecule has 0 saturated carbocycles. The standard InChI is InChI=1S/C6H10O5.Ba/c1-2-4(6(9)10)11-3-5(7)8;/h4H,2-3H2,1H3,(H,7,8)(H,9,10);/q;+2/p-2. The van der Waals surface area contributed by atoms with E-state index in [1.54, 1.807) is 6.92 Å². The van der Waals surface area contributed by atoms with Crippen molar-refractivity contribution in [1.29, 1.82) is 0 Å². The SMILES string of the molecule is CCC(OCC(=O)[O-])C(=O)[O-].[Ba+2]. The summed E-state index contributed by atoms with van der Waals surface area (Å²) < 4.78 is 4.39. The maximum absolute atomic E-state index is 10.1. The first kappa shape index (κ1) is 15.0. The second kappa shape index (κ2) is 8.09. The van der Waals surface area contributed by atoms with Gasteiger partial charge in [0.15, 0.2) is 0 Å². The Hall–Kier alpha value is 0.471. The van der Waals surface area contributed by atoms with Gasteiger partial charge in [0.05, 0.1) is 24.6 Å². The second-order valence-electron chi connectivity index (χ2n) is 1.90. The average molecular weight is 297 g/mol. The summed E-state index contributed by atoms with van der Waals surface area (Å²) in [6, 6.07) is 0. The van der Waals surface area contributed by atoms with E-state index in [2.05, 4.69) is 4.74 Å². The van der Waals surface area contributed by atoms with E-state index in [0.29, 0.717) is 0 Å². The van der Waals surface area contributed by atoms with Gasteiger partial charge in [0.2, 0.25) is 0 Å². The molecule has 0 bridgehead atoms. The van der Waals surface area contributed by atoms with E-state index < -0.39 is 24.6 Å². The van der Waals surface area contributed by atoms with Gasteiger partial charge in [-0.1, -0.05) is 6.92 Å². The van der Waals surface area contributed by atoms with E-state index in [-0.39, 0.29) is 55.3 Å². The normalized spacial score (nSPS) is 11.4. The Morgan fingerprint density at radius 1 is 1.42 bits per heavy atom. The largest absolute Gasteiger partial charge is 2.00 e. The van der Waals surface area contributed by atoms with Crippen LogP contribution in [0.15, 0.2) is 0 Å². The summed E-state index contributed by atoms with van der Waals surface area (Å²) in [4.78, 5) is 19.9. The summed E-state index contributed by atoms with van der Waals surface area (Å²) in [5, 5.41) is 19.9. The molecule has 0 aromatic carbocycles. The summed E-state index contributed by atoms with van der Waals surface area (Å²) >= 11 is 0. The summed E-state index contributed by atoms with van der Waals surface area (Å²) in [6.07, 6.45) is -0.983. The Morgan fingerprint density at radius 3 is 2.17 bits per heavy atom. The van der Waals surface area contributed by atoms with Gasteiger partial charge in [0.25, 0.3) is 0 Å². The molecule has 6 heteroatoms. The van der Waals surface area contributed by atoms with Crippen LogP contribution >= 0.6 is 0 Å². The van der Waals surface area contributed by atoms with Crippen LogP contribution in [0.1, 0.15) is 13.3 Å². The van der Waals surface area contributed by atoms with Crippen LogP contribution in [-0.2, 0) is 14.3 Å². The van der Waals surface area contributed by atoms with Crippen molar-refractivity contribution in [2.75, 3.05) is 6.61 Å². The van der Waals surface area contributed by atoms with Crippen molar-refractivity contribution in [3.63, 3.8) is 0 Å². The molecule has 0 radical (unpaired) electrons. The second-order valence-corrected chi connectivity index (χ2v) is 1.90.